The molecule has 1 unspecified atom stereocenters. The summed E-state index contributed by atoms with van der Waals surface area (Å²) in [6, 6.07) is 14.6. The number of carbonyl (C=O) groups excluding carboxylic acids is 1. The number of hydrogen-bond acceptors (Lipinski definition) is 4. The smallest absolute Gasteiger partial charge is 0.248 e. The fraction of sp³-hybridized carbons (Fsp3) is 0.400. The number of benzene rings is 2. The van der Waals surface area contributed by atoms with E-state index < -0.39 is 10.0 Å². The molecule has 4 rings (SSSR count). The van der Waals surface area contributed by atoms with Gasteiger partial charge in [-0.05, 0) is 79.6 Å². The summed E-state index contributed by atoms with van der Waals surface area (Å²) in [6.45, 7) is 5.55. The van der Waals surface area contributed by atoms with Crippen LogP contribution in [0.2, 0.25) is 0 Å². The first-order valence-electron chi connectivity index (χ1n) is 11.3. The Morgan fingerprint density at radius 2 is 1.78 bits per heavy atom. The van der Waals surface area contributed by atoms with E-state index in [2.05, 4.69) is 34.0 Å². The summed E-state index contributed by atoms with van der Waals surface area (Å²) in [6.07, 6.45) is 7.50. The number of nitrogens with one attached hydrogen (secondary N) is 2. The van der Waals surface area contributed by atoms with Crippen LogP contribution in [0.4, 0.5) is 5.69 Å². The number of anilines is 1. The van der Waals surface area contributed by atoms with Crippen molar-refractivity contribution < 1.29 is 13.2 Å². The molecule has 2 fully saturated rings. The summed E-state index contributed by atoms with van der Waals surface area (Å²) < 4.78 is 27.1. The van der Waals surface area contributed by atoms with Gasteiger partial charge < -0.3 is 5.32 Å². The third kappa shape index (κ3) is 6.51. The lowest BCUT2D eigenvalue weighted by atomic mass is 10.00. The van der Waals surface area contributed by atoms with Gasteiger partial charge in [0, 0.05) is 30.9 Å². The minimum Gasteiger partial charge on any atom is -0.323 e. The van der Waals surface area contributed by atoms with Crippen molar-refractivity contribution in [1.29, 1.82) is 0 Å². The standard InChI is InChI=1S/C25H31N3O3S/c1-19-3-2-16-28(17-19)18-21-4-9-22(10-5-21)26-25(29)15-8-20-6-13-24(14-7-20)32(30,31)27-23-11-12-23/h4-10,13-15,19,23,27H,2-3,11-12,16-18H2,1H3,(H,26,29)/b15-8+. The van der Waals surface area contributed by atoms with Crippen molar-refractivity contribution in [2.24, 2.45) is 5.92 Å². The van der Waals surface area contributed by atoms with Crippen LogP contribution >= 0.6 is 0 Å². The van der Waals surface area contributed by atoms with E-state index in [4.69, 9.17) is 0 Å². The number of carbonyl (C=O) groups is 1. The summed E-state index contributed by atoms with van der Waals surface area (Å²) in [5, 5.41) is 2.87. The second kappa shape index (κ2) is 9.98. The van der Waals surface area contributed by atoms with Crippen LogP contribution in [0.15, 0.2) is 59.5 Å². The Kier molecular flexibility index (Phi) is 7.08. The molecule has 2 aliphatic rings. The molecule has 1 aliphatic heterocycles. The molecule has 6 nitrogen and oxygen atoms in total. The molecule has 0 radical (unpaired) electrons. The van der Waals surface area contributed by atoms with Crippen LogP contribution in [0.3, 0.4) is 0 Å². The van der Waals surface area contributed by atoms with Gasteiger partial charge >= 0.3 is 0 Å². The van der Waals surface area contributed by atoms with Crippen molar-refractivity contribution in [2.75, 3.05) is 18.4 Å². The lowest BCUT2D eigenvalue weighted by molar-refractivity contribution is -0.111. The van der Waals surface area contributed by atoms with Crippen molar-refractivity contribution in [3.8, 4) is 0 Å². The predicted molar refractivity (Wildman–Crippen MR) is 128 cm³/mol. The van der Waals surface area contributed by atoms with Crippen molar-refractivity contribution in [3.63, 3.8) is 0 Å². The van der Waals surface area contributed by atoms with Gasteiger partial charge in [-0.3, -0.25) is 9.69 Å². The van der Waals surface area contributed by atoms with E-state index in [1.807, 2.05) is 12.1 Å². The highest BCUT2D eigenvalue weighted by atomic mass is 32.2. The lowest BCUT2D eigenvalue weighted by Crippen LogP contribution is -2.33. The highest BCUT2D eigenvalue weighted by Crippen LogP contribution is 2.22. The third-order valence-corrected chi connectivity index (χ3v) is 7.42. The molecule has 0 aromatic heterocycles. The average molecular weight is 454 g/mol. The Balaban J connectivity index is 1.28. The summed E-state index contributed by atoms with van der Waals surface area (Å²) in [5.41, 5.74) is 2.76. The molecule has 7 heteroatoms. The van der Waals surface area contributed by atoms with Gasteiger partial charge in [-0.15, -0.1) is 0 Å². The van der Waals surface area contributed by atoms with Gasteiger partial charge in [-0.25, -0.2) is 13.1 Å². The van der Waals surface area contributed by atoms with Crippen LogP contribution in [0.5, 0.6) is 0 Å². The fourth-order valence-corrected chi connectivity index (χ4v) is 5.29. The first-order valence-corrected chi connectivity index (χ1v) is 12.8. The topological polar surface area (TPSA) is 78.5 Å². The Morgan fingerprint density at radius 3 is 2.44 bits per heavy atom. The maximum absolute atomic E-state index is 12.3. The number of amides is 1. The van der Waals surface area contributed by atoms with Crippen LogP contribution < -0.4 is 10.0 Å². The van der Waals surface area contributed by atoms with Crippen LogP contribution in [0.1, 0.15) is 43.7 Å². The highest BCUT2D eigenvalue weighted by molar-refractivity contribution is 7.89. The van der Waals surface area contributed by atoms with Gasteiger partial charge in [0.2, 0.25) is 15.9 Å². The summed E-state index contributed by atoms with van der Waals surface area (Å²) in [5.74, 6) is 0.531. The number of likely N-dealkylation sites (tertiary alicyclic amines) is 1. The molecule has 1 saturated carbocycles. The third-order valence-electron chi connectivity index (χ3n) is 5.89. The van der Waals surface area contributed by atoms with Crippen molar-refractivity contribution >= 4 is 27.7 Å². The Labute approximate surface area is 190 Å². The molecule has 1 saturated heterocycles. The van der Waals surface area contributed by atoms with Crippen LogP contribution in [-0.2, 0) is 21.4 Å². The van der Waals surface area contributed by atoms with Gasteiger partial charge in [-0.1, -0.05) is 31.2 Å². The van der Waals surface area contributed by atoms with Crippen molar-refractivity contribution in [2.45, 2.75) is 50.1 Å². The van der Waals surface area contributed by atoms with Crippen LogP contribution in [0.25, 0.3) is 6.08 Å². The number of hydrogen-bond donors (Lipinski definition) is 2. The first-order chi connectivity index (χ1) is 15.4. The van der Waals surface area contributed by atoms with E-state index in [0.29, 0.717) is 0 Å². The van der Waals surface area contributed by atoms with Gasteiger partial charge in [0.15, 0.2) is 0 Å². The molecule has 1 aliphatic carbocycles. The van der Waals surface area contributed by atoms with E-state index in [1.165, 1.54) is 24.5 Å². The fourth-order valence-electron chi connectivity index (χ4n) is 3.98. The van der Waals surface area contributed by atoms with Crippen LogP contribution in [0, 0.1) is 5.92 Å². The molecular weight excluding hydrogens is 422 g/mol. The van der Waals surface area contributed by atoms with E-state index in [1.54, 1.807) is 30.3 Å². The van der Waals surface area contributed by atoms with E-state index >= 15 is 0 Å². The zero-order valence-corrected chi connectivity index (χ0v) is 19.3. The van der Waals surface area contributed by atoms with E-state index in [-0.39, 0.29) is 16.8 Å². The van der Waals surface area contributed by atoms with Gasteiger partial charge in [0.1, 0.15) is 0 Å². The number of rotatable bonds is 8. The van der Waals surface area contributed by atoms with E-state index in [9.17, 15) is 13.2 Å². The number of nitrogens with zero attached hydrogens (tertiary/aromatic N) is 1. The molecule has 2 aromatic carbocycles. The summed E-state index contributed by atoms with van der Waals surface area (Å²) in [4.78, 5) is 15.0. The second-order valence-electron chi connectivity index (χ2n) is 8.97. The lowest BCUT2D eigenvalue weighted by Gasteiger charge is -2.30. The molecule has 32 heavy (non-hydrogen) atoms. The minimum atomic E-state index is -3.46. The van der Waals surface area contributed by atoms with Crippen molar-refractivity contribution in [3.05, 3.63) is 65.7 Å². The SMILES string of the molecule is CC1CCCN(Cc2ccc(NC(=O)/C=C/c3ccc(S(=O)(=O)NC4CC4)cc3)cc2)C1. The molecule has 1 amide bonds. The highest BCUT2D eigenvalue weighted by Gasteiger charge is 2.27. The largest absolute Gasteiger partial charge is 0.323 e. The van der Waals surface area contributed by atoms with Crippen molar-refractivity contribution in [1.82, 2.24) is 9.62 Å². The number of sulfonamides is 1. The zero-order valence-electron chi connectivity index (χ0n) is 18.5. The molecular formula is C25H31N3O3S. The normalized spacial score (nSPS) is 19.8. The van der Waals surface area contributed by atoms with E-state index in [0.717, 1.165) is 49.6 Å². The first kappa shape index (κ1) is 22.7. The summed E-state index contributed by atoms with van der Waals surface area (Å²) in [7, 11) is -3.46. The Morgan fingerprint density at radius 1 is 1.06 bits per heavy atom. The van der Waals surface area contributed by atoms with Crippen LogP contribution in [-0.4, -0.2) is 38.4 Å². The Bertz CT molecular complexity index is 1060. The Hall–Kier alpha value is -2.48. The number of piperidine rings is 1. The van der Waals surface area contributed by atoms with Gasteiger partial charge in [0.25, 0.3) is 0 Å². The minimum absolute atomic E-state index is 0.0748. The quantitative estimate of drug-likeness (QED) is 0.592. The molecule has 1 heterocycles. The maximum Gasteiger partial charge on any atom is 0.248 e. The van der Waals surface area contributed by atoms with Gasteiger partial charge in [-0.2, -0.15) is 0 Å². The molecule has 2 aromatic rings. The molecule has 0 spiro atoms. The summed E-state index contributed by atoms with van der Waals surface area (Å²) >= 11 is 0. The monoisotopic (exact) mass is 453 g/mol. The van der Waals surface area contributed by atoms with Gasteiger partial charge in [0.05, 0.1) is 4.90 Å². The molecule has 0 bridgehead atoms. The molecule has 2 N–H and O–H groups in total. The predicted octanol–water partition coefficient (Wildman–Crippen LogP) is 4.01. The maximum atomic E-state index is 12.3. The average Bonchev–Trinajstić information content (AvgIpc) is 3.57. The zero-order chi connectivity index (χ0) is 22.6. The molecule has 1 atom stereocenters. The molecule has 170 valence electrons. The second-order valence-corrected chi connectivity index (χ2v) is 10.7.